The lowest BCUT2D eigenvalue weighted by molar-refractivity contribution is 0.386. The molecular weight excluding hydrogens is 217 g/mol. The first-order chi connectivity index (χ1) is 8.28. The zero-order valence-corrected chi connectivity index (χ0v) is 9.72. The predicted molar refractivity (Wildman–Crippen MR) is 65.2 cm³/mol. The van der Waals surface area contributed by atoms with Gasteiger partial charge in [0.1, 0.15) is 0 Å². The van der Waals surface area contributed by atoms with Gasteiger partial charge in [0.05, 0.1) is 7.11 Å². The van der Waals surface area contributed by atoms with Crippen LogP contribution >= 0.6 is 0 Å². The van der Waals surface area contributed by atoms with Crippen LogP contribution in [0.25, 0.3) is 5.57 Å². The Balaban J connectivity index is 1.95. The van der Waals surface area contributed by atoms with Gasteiger partial charge in [0.15, 0.2) is 11.6 Å². The van der Waals surface area contributed by atoms with Crippen LogP contribution in [-0.2, 0) is 0 Å². The Kier molecular flexibility index (Phi) is 2.39. The minimum absolute atomic E-state index is 0.294. The van der Waals surface area contributed by atoms with Crippen molar-refractivity contribution >= 4 is 5.57 Å². The summed E-state index contributed by atoms with van der Waals surface area (Å²) >= 11 is 0. The quantitative estimate of drug-likeness (QED) is 0.845. The molecule has 1 aromatic carbocycles. The Bertz CT molecular complexity index is 531. The van der Waals surface area contributed by atoms with E-state index in [1.54, 1.807) is 12.1 Å². The molecule has 0 spiro atoms. The van der Waals surface area contributed by atoms with Crippen molar-refractivity contribution in [2.45, 2.75) is 12.8 Å². The molecule has 3 heteroatoms. The molecule has 1 N–H and O–H groups in total. The molecule has 0 amide bonds. The zero-order chi connectivity index (χ0) is 11.8. The van der Waals surface area contributed by atoms with Gasteiger partial charge in [-0.1, -0.05) is 12.1 Å². The van der Waals surface area contributed by atoms with Gasteiger partial charge < -0.3 is 10.1 Å². The van der Waals surface area contributed by atoms with Gasteiger partial charge in [0, 0.05) is 12.2 Å². The van der Waals surface area contributed by atoms with Crippen LogP contribution in [-0.4, -0.2) is 13.7 Å². The summed E-state index contributed by atoms with van der Waals surface area (Å²) < 4.78 is 18.5. The van der Waals surface area contributed by atoms with E-state index in [1.165, 1.54) is 24.0 Å². The predicted octanol–water partition coefficient (Wildman–Crippen LogP) is 2.87. The lowest BCUT2D eigenvalue weighted by Crippen LogP contribution is -2.31. The molecule has 0 atom stereocenters. The van der Waals surface area contributed by atoms with Gasteiger partial charge in [0.2, 0.25) is 0 Å². The summed E-state index contributed by atoms with van der Waals surface area (Å²) in [7, 11) is 1.48. The number of halogens is 1. The van der Waals surface area contributed by atoms with Crippen LogP contribution in [0.5, 0.6) is 5.75 Å². The van der Waals surface area contributed by atoms with Gasteiger partial charge >= 0.3 is 0 Å². The van der Waals surface area contributed by atoms with E-state index in [1.807, 2.05) is 6.07 Å². The van der Waals surface area contributed by atoms with E-state index in [0.29, 0.717) is 5.75 Å². The largest absolute Gasteiger partial charge is 0.494 e. The molecule has 17 heavy (non-hydrogen) atoms. The van der Waals surface area contributed by atoms with E-state index < -0.39 is 0 Å². The first-order valence-electron chi connectivity index (χ1n) is 5.78. The third-order valence-electron chi connectivity index (χ3n) is 3.40. The van der Waals surface area contributed by atoms with E-state index in [0.717, 1.165) is 24.9 Å². The SMILES string of the molecule is COc1ccc(C2=CC3=C(CC2)NC3)cc1F. The van der Waals surface area contributed by atoms with Crippen molar-refractivity contribution in [1.82, 2.24) is 5.32 Å². The van der Waals surface area contributed by atoms with Gasteiger partial charge in [-0.2, -0.15) is 0 Å². The van der Waals surface area contributed by atoms with Crippen molar-refractivity contribution in [2.75, 3.05) is 13.7 Å². The number of nitrogens with one attached hydrogen (secondary N) is 1. The fraction of sp³-hybridized carbons (Fsp3) is 0.286. The Hall–Kier alpha value is -1.77. The second-order valence-corrected chi connectivity index (χ2v) is 4.38. The standard InChI is InChI=1S/C14H14FNO/c1-17-14-5-3-10(7-12(14)15)9-2-4-13-11(6-9)8-16-13/h3,5-7,16H,2,4,8H2,1H3. The topological polar surface area (TPSA) is 21.3 Å². The summed E-state index contributed by atoms with van der Waals surface area (Å²) in [5.74, 6) is 0.00721. The molecule has 0 saturated heterocycles. The molecule has 0 radical (unpaired) electrons. The summed E-state index contributed by atoms with van der Waals surface area (Å²) in [5, 5.41) is 3.29. The van der Waals surface area contributed by atoms with Crippen molar-refractivity contribution in [2.24, 2.45) is 0 Å². The van der Waals surface area contributed by atoms with Crippen LogP contribution in [0.1, 0.15) is 18.4 Å². The number of ether oxygens (including phenoxy) is 1. The minimum Gasteiger partial charge on any atom is -0.494 e. The Morgan fingerprint density at radius 1 is 1.29 bits per heavy atom. The highest BCUT2D eigenvalue weighted by atomic mass is 19.1. The first-order valence-corrected chi connectivity index (χ1v) is 5.78. The third kappa shape index (κ3) is 1.71. The summed E-state index contributed by atoms with van der Waals surface area (Å²) in [4.78, 5) is 0. The van der Waals surface area contributed by atoms with Crippen LogP contribution in [0.15, 0.2) is 35.5 Å². The molecular formula is C14H14FNO. The molecule has 1 aliphatic heterocycles. The molecule has 1 heterocycles. The molecule has 2 nitrogen and oxygen atoms in total. The summed E-state index contributed by atoms with van der Waals surface area (Å²) in [6, 6.07) is 5.17. The molecule has 0 unspecified atom stereocenters. The van der Waals surface area contributed by atoms with Gasteiger partial charge in [-0.3, -0.25) is 0 Å². The third-order valence-corrected chi connectivity index (χ3v) is 3.40. The second kappa shape index (κ2) is 3.91. The van der Waals surface area contributed by atoms with E-state index >= 15 is 0 Å². The Morgan fingerprint density at radius 2 is 2.18 bits per heavy atom. The van der Waals surface area contributed by atoms with Gasteiger partial charge in [-0.15, -0.1) is 0 Å². The van der Waals surface area contributed by atoms with Crippen LogP contribution < -0.4 is 10.1 Å². The molecule has 0 aromatic heterocycles. The van der Waals surface area contributed by atoms with Crippen LogP contribution in [0.2, 0.25) is 0 Å². The molecule has 1 aromatic rings. The number of rotatable bonds is 2. The monoisotopic (exact) mass is 231 g/mol. The molecule has 3 rings (SSSR count). The molecule has 2 aliphatic rings. The Morgan fingerprint density at radius 3 is 2.76 bits per heavy atom. The van der Waals surface area contributed by atoms with Crippen molar-refractivity contribution in [3.8, 4) is 5.75 Å². The molecule has 1 aliphatic carbocycles. The van der Waals surface area contributed by atoms with Gasteiger partial charge in [0.25, 0.3) is 0 Å². The smallest absolute Gasteiger partial charge is 0.165 e. The van der Waals surface area contributed by atoms with Crippen LogP contribution in [0.4, 0.5) is 4.39 Å². The van der Waals surface area contributed by atoms with E-state index in [4.69, 9.17) is 4.74 Å². The zero-order valence-electron chi connectivity index (χ0n) is 9.72. The summed E-state index contributed by atoms with van der Waals surface area (Å²) in [5.41, 5.74) is 4.89. The molecule has 0 fully saturated rings. The van der Waals surface area contributed by atoms with Gasteiger partial charge in [-0.25, -0.2) is 4.39 Å². The Labute approximate surface area is 99.8 Å². The van der Waals surface area contributed by atoms with E-state index in [-0.39, 0.29) is 5.82 Å². The van der Waals surface area contributed by atoms with E-state index in [9.17, 15) is 4.39 Å². The van der Waals surface area contributed by atoms with Crippen LogP contribution in [0.3, 0.4) is 0 Å². The van der Waals surface area contributed by atoms with Crippen molar-refractivity contribution < 1.29 is 9.13 Å². The van der Waals surface area contributed by atoms with Gasteiger partial charge in [-0.05, 0) is 41.7 Å². The highest BCUT2D eigenvalue weighted by molar-refractivity contribution is 5.71. The molecule has 0 saturated carbocycles. The number of hydrogen-bond acceptors (Lipinski definition) is 2. The minimum atomic E-state index is -0.294. The molecule has 0 bridgehead atoms. The maximum atomic E-state index is 13.6. The maximum Gasteiger partial charge on any atom is 0.165 e. The van der Waals surface area contributed by atoms with Crippen molar-refractivity contribution in [1.29, 1.82) is 0 Å². The number of allylic oxidation sites excluding steroid dienone is 2. The first kappa shape index (κ1) is 10.4. The van der Waals surface area contributed by atoms with Crippen molar-refractivity contribution in [3.63, 3.8) is 0 Å². The highest BCUT2D eigenvalue weighted by Crippen LogP contribution is 2.33. The van der Waals surface area contributed by atoms with E-state index in [2.05, 4.69) is 11.4 Å². The highest BCUT2D eigenvalue weighted by Gasteiger charge is 2.20. The van der Waals surface area contributed by atoms with Crippen molar-refractivity contribution in [3.05, 3.63) is 46.9 Å². The summed E-state index contributed by atoms with van der Waals surface area (Å²) in [6.07, 6.45) is 4.18. The fourth-order valence-corrected chi connectivity index (χ4v) is 2.34. The average Bonchev–Trinajstić information content (AvgIpc) is 2.31. The fourth-order valence-electron chi connectivity index (χ4n) is 2.34. The number of hydrogen-bond donors (Lipinski definition) is 1. The number of methoxy groups -OCH3 is 1. The maximum absolute atomic E-state index is 13.6. The normalized spacial score (nSPS) is 17.9. The summed E-state index contributed by atoms with van der Waals surface area (Å²) in [6.45, 7) is 0.942. The lowest BCUT2D eigenvalue weighted by atomic mass is 9.88. The average molecular weight is 231 g/mol. The second-order valence-electron chi connectivity index (χ2n) is 4.38. The number of benzene rings is 1. The molecule has 88 valence electrons. The van der Waals surface area contributed by atoms with Crippen LogP contribution in [0, 0.1) is 5.82 Å². The lowest BCUT2D eigenvalue weighted by Gasteiger charge is -2.29.